The first-order valence-corrected chi connectivity index (χ1v) is 5.05. The van der Waals surface area contributed by atoms with Gasteiger partial charge in [0.1, 0.15) is 11.3 Å². The molecule has 0 fully saturated rings. The number of carbonyl (C=O) groups is 1. The standard InChI is InChI=1S/C12H12N2O3/c1-8-6-13-14(7-8)9-3-4-10(12(15)16)11(5-9)17-2/h3-7H,1-2H3,(H,15,16). The summed E-state index contributed by atoms with van der Waals surface area (Å²) in [5.41, 5.74) is 1.94. The first kappa shape index (κ1) is 11.2. The van der Waals surface area contributed by atoms with Crippen molar-refractivity contribution in [1.29, 1.82) is 0 Å². The molecule has 1 aromatic carbocycles. The summed E-state index contributed by atoms with van der Waals surface area (Å²) in [6.45, 7) is 1.94. The van der Waals surface area contributed by atoms with Gasteiger partial charge in [0, 0.05) is 12.3 Å². The van der Waals surface area contributed by atoms with Crippen molar-refractivity contribution in [2.45, 2.75) is 6.92 Å². The van der Waals surface area contributed by atoms with Gasteiger partial charge in [-0.05, 0) is 24.6 Å². The lowest BCUT2D eigenvalue weighted by Gasteiger charge is -2.07. The zero-order valence-electron chi connectivity index (χ0n) is 9.54. The summed E-state index contributed by atoms with van der Waals surface area (Å²) in [7, 11) is 1.44. The van der Waals surface area contributed by atoms with Gasteiger partial charge in [-0.15, -0.1) is 0 Å². The Labute approximate surface area is 98.3 Å². The Morgan fingerprint density at radius 1 is 1.47 bits per heavy atom. The predicted molar refractivity (Wildman–Crippen MR) is 61.8 cm³/mol. The van der Waals surface area contributed by atoms with Gasteiger partial charge >= 0.3 is 5.97 Å². The Hall–Kier alpha value is -2.30. The van der Waals surface area contributed by atoms with Crippen LogP contribution in [0.1, 0.15) is 15.9 Å². The van der Waals surface area contributed by atoms with Crippen LogP contribution in [0.4, 0.5) is 0 Å². The molecular formula is C12H12N2O3. The fraction of sp³-hybridized carbons (Fsp3) is 0.167. The summed E-state index contributed by atoms with van der Waals surface area (Å²) >= 11 is 0. The highest BCUT2D eigenvalue weighted by Crippen LogP contribution is 2.22. The Morgan fingerprint density at radius 2 is 2.24 bits per heavy atom. The fourth-order valence-corrected chi connectivity index (χ4v) is 1.55. The van der Waals surface area contributed by atoms with Gasteiger partial charge in [-0.1, -0.05) is 0 Å². The number of hydrogen-bond acceptors (Lipinski definition) is 3. The summed E-state index contributed by atoms with van der Waals surface area (Å²) in [5.74, 6) is -0.687. The highest BCUT2D eigenvalue weighted by atomic mass is 16.5. The Kier molecular flexibility index (Phi) is 2.82. The van der Waals surface area contributed by atoms with Crippen LogP contribution in [-0.4, -0.2) is 28.0 Å². The van der Waals surface area contributed by atoms with Crippen LogP contribution in [0.2, 0.25) is 0 Å². The third-order valence-corrected chi connectivity index (χ3v) is 2.39. The van der Waals surface area contributed by atoms with E-state index in [2.05, 4.69) is 5.10 Å². The maximum absolute atomic E-state index is 10.9. The smallest absolute Gasteiger partial charge is 0.339 e. The Morgan fingerprint density at radius 3 is 2.76 bits per heavy atom. The molecule has 17 heavy (non-hydrogen) atoms. The molecule has 0 atom stereocenters. The molecule has 0 saturated heterocycles. The van der Waals surface area contributed by atoms with E-state index in [1.54, 1.807) is 23.0 Å². The van der Waals surface area contributed by atoms with E-state index in [1.807, 2.05) is 13.1 Å². The molecule has 0 aliphatic heterocycles. The van der Waals surface area contributed by atoms with Crippen LogP contribution in [0.3, 0.4) is 0 Å². The van der Waals surface area contributed by atoms with Crippen molar-refractivity contribution in [3.8, 4) is 11.4 Å². The number of nitrogens with zero attached hydrogens (tertiary/aromatic N) is 2. The zero-order valence-corrected chi connectivity index (χ0v) is 9.54. The van der Waals surface area contributed by atoms with E-state index >= 15 is 0 Å². The summed E-state index contributed by atoms with van der Waals surface area (Å²) in [4.78, 5) is 10.9. The molecule has 2 rings (SSSR count). The highest BCUT2D eigenvalue weighted by molar-refractivity contribution is 5.91. The number of ether oxygens (including phenoxy) is 1. The molecule has 0 amide bonds. The first-order valence-electron chi connectivity index (χ1n) is 5.05. The van der Waals surface area contributed by atoms with Crippen molar-refractivity contribution in [3.05, 3.63) is 41.7 Å². The van der Waals surface area contributed by atoms with Gasteiger partial charge in [0.2, 0.25) is 0 Å². The number of carboxylic acids is 1. The van der Waals surface area contributed by atoms with Gasteiger partial charge in [-0.25, -0.2) is 9.48 Å². The minimum absolute atomic E-state index is 0.139. The van der Waals surface area contributed by atoms with Gasteiger partial charge in [-0.3, -0.25) is 0 Å². The molecule has 5 nitrogen and oxygen atoms in total. The van der Waals surface area contributed by atoms with Crippen LogP contribution in [-0.2, 0) is 0 Å². The maximum Gasteiger partial charge on any atom is 0.339 e. The molecule has 0 aliphatic rings. The number of aryl methyl sites for hydroxylation is 1. The van der Waals surface area contributed by atoms with Crippen LogP contribution < -0.4 is 4.74 Å². The minimum atomic E-state index is -1.01. The predicted octanol–water partition coefficient (Wildman–Crippen LogP) is 1.89. The third kappa shape index (κ3) is 2.13. The van der Waals surface area contributed by atoms with E-state index in [0.29, 0.717) is 5.75 Å². The van der Waals surface area contributed by atoms with Crippen LogP contribution >= 0.6 is 0 Å². The quantitative estimate of drug-likeness (QED) is 0.877. The number of carboxylic acid groups (broad SMARTS) is 1. The molecule has 0 aliphatic carbocycles. The molecule has 2 aromatic rings. The van der Waals surface area contributed by atoms with Crippen molar-refractivity contribution < 1.29 is 14.6 Å². The molecule has 1 heterocycles. The van der Waals surface area contributed by atoms with E-state index in [1.165, 1.54) is 13.2 Å². The molecule has 0 unspecified atom stereocenters. The lowest BCUT2D eigenvalue weighted by atomic mass is 10.2. The molecule has 88 valence electrons. The van der Waals surface area contributed by atoms with E-state index in [-0.39, 0.29) is 5.56 Å². The monoisotopic (exact) mass is 232 g/mol. The lowest BCUT2D eigenvalue weighted by molar-refractivity contribution is 0.0693. The second kappa shape index (κ2) is 4.29. The van der Waals surface area contributed by atoms with Crippen LogP contribution in [0.5, 0.6) is 5.75 Å². The number of benzene rings is 1. The average molecular weight is 232 g/mol. The SMILES string of the molecule is COc1cc(-n2cc(C)cn2)ccc1C(=O)O. The van der Waals surface area contributed by atoms with Crippen molar-refractivity contribution in [2.75, 3.05) is 7.11 Å². The number of rotatable bonds is 3. The third-order valence-electron chi connectivity index (χ3n) is 2.39. The zero-order chi connectivity index (χ0) is 12.4. The normalized spacial score (nSPS) is 10.2. The molecule has 1 aromatic heterocycles. The molecule has 0 spiro atoms. The second-order valence-electron chi connectivity index (χ2n) is 3.65. The highest BCUT2D eigenvalue weighted by Gasteiger charge is 2.12. The topological polar surface area (TPSA) is 64.4 Å². The number of aromatic carboxylic acids is 1. The molecule has 1 N–H and O–H groups in total. The molecule has 0 radical (unpaired) electrons. The van der Waals surface area contributed by atoms with Crippen molar-refractivity contribution in [2.24, 2.45) is 0 Å². The number of aromatic nitrogens is 2. The van der Waals surface area contributed by atoms with Gasteiger partial charge < -0.3 is 9.84 Å². The molecule has 0 saturated carbocycles. The summed E-state index contributed by atoms with van der Waals surface area (Å²) in [6.07, 6.45) is 3.59. The van der Waals surface area contributed by atoms with E-state index < -0.39 is 5.97 Å². The first-order chi connectivity index (χ1) is 8.11. The van der Waals surface area contributed by atoms with Crippen LogP contribution in [0.15, 0.2) is 30.6 Å². The van der Waals surface area contributed by atoms with Crippen molar-refractivity contribution in [3.63, 3.8) is 0 Å². The summed E-state index contributed by atoms with van der Waals surface area (Å²) in [6, 6.07) is 4.85. The van der Waals surface area contributed by atoms with E-state index in [4.69, 9.17) is 9.84 Å². The van der Waals surface area contributed by atoms with Gasteiger partial charge in [0.25, 0.3) is 0 Å². The largest absolute Gasteiger partial charge is 0.496 e. The lowest BCUT2D eigenvalue weighted by Crippen LogP contribution is -2.02. The molecule has 0 bridgehead atoms. The maximum atomic E-state index is 10.9. The van der Waals surface area contributed by atoms with Crippen LogP contribution in [0.25, 0.3) is 5.69 Å². The van der Waals surface area contributed by atoms with Gasteiger partial charge in [0.05, 0.1) is 19.0 Å². The summed E-state index contributed by atoms with van der Waals surface area (Å²) < 4.78 is 6.72. The summed E-state index contributed by atoms with van der Waals surface area (Å²) in [5, 5.41) is 13.1. The average Bonchev–Trinajstić information content (AvgIpc) is 2.75. The van der Waals surface area contributed by atoms with E-state index in [0.717, 1.165) is 11.3 Å². The van der Waals surface area contributed by atoms with Gasteiger partial charge in [0.15, 0.2) is 0 Å². The van der Waals surface area contributed by atoms with Crippen molar-refractivity contribution in [1.82, 2.24) is 9.78 Å². The fourth-order valence-electron chi connectivity index (χ4n) is 1.55. The molecular weight excluding hydrogens is 220 g/mol. The van der Waals surface area contributed by atoms with Gasteiger partial charge in [-0.2, -0.15) is 5.10 Å². The molecule has 5 heteroatoms. The number of methoxy groups -OCH3 is 1. The van der Waals surface area contributed by atoms with Crippen molar-refractivity contribution >= 4 is 5.97 Å². The van der Waals surface area contributed by atoms with E-state index in [9.17, 15) is 4.79 Å². The second-order valence-corrected chi connectivity index (χ2v) is 3.65. The Bertz CT molecular complexity index is 561. The van der Waals surface area contributed by atoms with Crippen LogP contribution in [0, 0.1) is 6.92 Å². The number of hydrogen-bond donors (Lipinski definition) is 1. The minimum Gasteiger partial charge on any atom is -0.496 e. The Balaban J connectivity index is 2.48.